The summed E-state index contributed by atoms with van der Waals surface area (Å²) in [6.07, 6.45) is 1.08. The standard InChI is InChI=1S/C28H29NO5S/c1-18-8-6-7-11-21(18)23-16-20(26-33-17-24(34-26)19-9-4-3-5-10-19)12-13-22(23)25(30)28(29,27(31)32)14-15-35-2/h3-13,16,24,26H,14-15,17,29H2,1-2H3,(H,31,32)/t24?,26?,28-/m1/s1. The van der Waals surface area contributed by atoms with Gasteiger partial charge in [0, 0.05) is 11.1 Å². The van der Waals surface area contributed by atoms with Gasteiger partial charge in [0.1, 0.15) is 6.10 Å². The van der Waals surface area contributed by atoms with Gasteiger partial charge in [0.05, 0.1) is 6.61 Å². The van der Waals surface area contributed by atoms with Crippen LogP contribution in [-0.2, 0) is 14.3 Å². The first-order valence-electron chi connectivity index (χ1n) is 11.4. The second-order valence-corrected chi connectivity index (χ2v) is 9.65. The lowest BCUT2D eigenvalue weighted by Crippen LogP contribution is -2.55. The molecule has 4 rings (SSSR count). The van der Waals surface area contributed by atoms with Gasteiger partial charge in [-0.3, -0.25) is 4.79 Å². The molecule has 3 aromatic rings. The molecule has 7 heteroatoms. The number of carbonyl (C=O) groups is 2. The second-order valence-electron chi connectivity index (χ2n) is 8.67. The summed E-state index contributed by atoms with van der Waals surface area (Å²) < 4.78 is 12.1. The molecule has 1 aliphatic rings. The van der Waals surface area contributed by atoms with Crippen LogP contribution in [0.5, 0.6) is 0 Å². The highest BCUT2D eigenvalue weighted by atomic mass is 32.2. The van der Waals surface area contributed by atoms with E-state index in [1.807, 2.05) is 73.8 Å². The predicted molar refractivity (Wildman–Crippen MR) is 137 cm³/mol. The van der Waals surface area contributed by atoms with Gasteiger partial charge in [-0.2, -0.15) is 11.8 Å². The Bertz CT molecular complexity index is 1210. The minimum absolute atomic E-state index is 0.0326. The van der Waals surface area contributed by atoms with Gasteiger partial charge in [-0.15, -0.1) is 0 Å². The maximum absolute atomic E-state index is 13.6. The van der Waals surface area contributed by atoms with Crippen LogP contribution in [-0.4, -0.2) is 41.0 Å². The molecular weight excluding hydrogens is 462 g/mol. The number of rotatable bonds is 9. The Morgan fingerprint density at radius 2 is 1.74 bits per heavy atom. The molecule has 1 fully saturated rings. The van der Waals surface area contributed by atoms with Gasteiger partial charge in [0.25, 0.3) is 0 Å². The van der Waals surface area contributed by atoms with E-state index < -0.39 is 23.6 Å². The Hall–Kier alpha value is -2.97. The lowest BCUT2D eigenvalue weighted by atomic mass is 9.83. The van der Waals surface area contributed by atoms with E-state index in [0.29, 0.717) is 17.9 Å². The van der Waals surface area contributed by atoms with Crippen molar-refractivity contribution in [1.82, 2.24) is 0 Å². The number of ether oxygens (including phenoxy) is 2. The molecule has 1 saturated heterocycles. The SMILES string of the molecule is CSCC[C@](N)(C(=O)O)C(=O)c1ccc(C2OCC(c3ccccc3)O2)cc1-c1ccccc1C. The number of benzene rings is 3. The van der Waals surface area contributed by atoms with Crippen molar-refractivity contribution in [3.63, 3.8) is 0 Å². The summed E-state index contributed by atoms with van der Waals surface area (Å²) in [7, 11) is 0. The third-order valence-electron chi connectivity index (χ3n) is 6.34. The average Bonchev–Trinajstić information content (AvgIpc) is 3.38. The van der Waals surface area contributed by atoms with Gasteiger partial charge < -0.3 is 20.3 Å². The molecule has 0 aliphatic carbocycles. The predicted octanol–water partition coefficient (Wildman–Crippen LogP) is 5.17. The molecule has 0 radical (unpaired) electrons. The molecule has 1 heterocycles. The summed E-state index contributed by atoms with van der Waals surface area (Å²) in [6.45, 7) is 2.36. The Morgan fingerprint density at radius 1 is 1.03 bits per heavy atom. The minimum Gasteiger partial charge on any atom is -0.480 e. The van der Waals surface area contributed by atoms with Crippen molar-refractivity contribution in [3.05, 3.63) is 95.1 Å². The second kappa shape index (κ2) is 10.7. The number of aryl methyl sites for hydroxylation is 1. The molecule has 3 atom stereocenters. The lowest BCUT2D eigenvalue weighted by Gasteiger charge is -2.25. The summed E-state index contributed by atoms with van der Waals surface area (Å²) in [6, 6.07) is 22.8. The van der Waals surface area contributed by atoms with E-state index in [4.69, 9.17) is 15.2 Å². The molecule has 1 aliphatic heterocycles. The number of carboxylic acids is 1. The first-order valence-corrected chi connectivity index (χ1v) is 12.8. The third kappa shape index (κ3) is 5.18. The molecule has 0 saturated carbocycles. The fourth-order valence-electron chi connectivity index (χ4n) is 4.25. The maximum atomic E-state index is 13.6. The highest BCUT2D eigenvalue weighted by molar-refractivity contribution is 7.98. The zero-order chi connectivity index (χ0) is 25.0. The molecule has 0 amide bonds. The van der Waals surface area contributed by atoms with Crippen molar-refractivity contribution in [2.45, 2.75) is 31.3 Å². The number of nitrogens with two attached hydrogens (primary N) is 1. The van der Waals surface area contributed by atoms with Crippen LogP contribution in [0.25, 0.3) is 11.1 Å². The highest BCUT2D eigenvalue weighted by Crippen LogP contribution is 2.38. The summed E-state index contributed by atoms with van der Waals surface area (Å²) in [5.41, 5.74) is 8.65. The summed E-state index contributed by atoms with van der Waals surface area (Å²) in [5.74, 6) is -1.49. The monoisotopic (exact) mass is 491 g/mol. The van der Waals surface area contributed by atoms with Crippen molar-refractivity contribution in [2.24, 2.45) is 5.73 Å². The summed E-state index contributed by atoms with van der Waals surface area (Å²) >= 11 is 1.45. The first-order chi connectivity index (χ1) is 16.8. The Labute approximate surface area is 209 Å². The van der Waals surface area contributed by atoms with Gasteiger partial charge in [0.15, 0.2) is 17.6 Å². The number of carbonyl (C=O) groups excluding carboxylic acids is 1. The maximum Gasteiger partial charge on any atom is 0.331 e. The Morgan fingerprint density at radius 3 is 2.43 bits per heavy atom. The van der Waals surface area contributed by atoms with Crippen LogP contribution in [0.3, 0.4) is 0 Å². The largest absolute Gasteiger partial charge is 0.480 e. The van der Waals surface area contributed by atoms with E-state index in [-0.39, 0.29) is 18.1 Å². The zero-order valence-corrected chi connectivity index (χ0v) is 20.6. The molecular formula is C28H29NO5S. The Balaban J connectivity index is 1.74. The van der Waals surface area contributed by atoms with E-state index in [1.54, 1.807) is 12.1 Å². The highest BCUT2D eigenvalue weighted by Gasteiger charge is 2.43. The van der Waals surface area contributed by atoms with Crippen LogP contribution < -0.4 is 5.73 Å². The first kappa shape index (κ1) is 25.1. The zero-order valence-electron chi connectivity index (χ0n) is 19.8. The third-order valence-corrected chi connectivity index (χ3v) is 6.95. The fraction of sp³-hybridized carbons (Fsp3) is 0.286. The van der Waals surface area contributed by atoms with Gasteiger partial charge in [-0.05, 0) is 53.7 Å². The molecule has 35 heavy (non-hydrogen) atoms. The van der Waals surface area contributed by atoms with Crippen molar-refractivity contribution in [3.8, 4) is 11.1 Å². The molecule has 0 spiro atoms. The fourth-order valence-corrected chi connectivity index (χ4v) is 4.77. The normalized spacial score (nSPS) is 19.3. The molecule has 3 aromatic carbocycles. The minimum atomic E-state index is -2.01. The van der Waals surface area contributed by atoms with Gasteiger partial charge in [0.2, 0.25) is 0 Å². The molecule has 0 bridgehead atoms. The number of hydrogen-bond acceptors (Lipinski definition) is 6. The molecule has 6 nitrogen and oxygen atoms in total. The van der Waals surface area contributed by atoms with E-state index in [0.717, 1.165) is 22.3 Å². The Kier molecular flexibility index (Phi) is 7.72. The topological polar surface area (TPSA) is 98.9 Å². The van der Waals surface area contributed by atoms with Gasteiger partial charge in [-0.25, -0.2) is 4.79 Å². The van der Waals surface area contributed by atoms with Crippen molar-refractivity contribution in [2.75, 3.05) is 18.6 Å². The number of Topliss-reactive ketones (excluding diaryl/α,β-unsaturated/α-hetero) is 1. The number of ketones is 1. The molecule has 0 aromatic heterocycles. The molecule has 182 valence electrons. The molecule has 3 N–H and O–H groups in total. The number of thioether (sulfide) groups is 1. The quantitative estimate of drug-likeness (QED) is 0.315. The number of aliphatic carboxylic acids is 1. The van der Waals surface area contributed by atoms with E-state index in [1.165, 1.54) is 11.8 Å². The smallest absolute Gasteiger partial charge is 0.331 e. The van der Waals surface area contributed by atoms with Crippen LogP contribution in [0.2, 0.25) is 0 Å². The van der Waals surface area contributed by atoms with E-state index in [2.05, 4.69) is 0 Å². The summed E-state index contributed by atoms with van der Waals surface area (Å²) in [4.78, 5) is 25.7. The molecule has 2 unspecified atom stereocenters. The van der Waals surface area contributed by atoms with Crippen LogP contribution in [0.1, 0.15) is 45.9 Å². The van der Waals surface area contributed by atoms with Crippen LogP contribution in [0, 0.1) is 6.92 Å². The van der Waals surface area contributed by atoms with Gasteiger partial charge in [-0.1, -0.05) is 66.7 Å². The van der Waals surface area contributed by atoms with Crippen LogP contribution >= 0.6 is 11.8 Å². The van der Waals surface area contributed by atoms with Gasteiger partial charge >= 0.3 is 5.97 Å². The van der Waals surface area contributed by atoms with E-state index in [9.17, 15) is 14.7 Å². The van der Waals surface area contributed by atoms with Crippen LogP contribution in [0.15, 0.2) is 72.8 Å². The van der Waals surface area contributed by atoms with Crippen molar-refractivity contribution in [1.29, 1.82) is 0 Å². The van der Waals surface area contributed by atoms with Crippen molar-refractivity contribution < 1.29 is 24.2 Å². The van der Waals surface area contributed by atoms with E-state index >= 15 is 0 Å². The average molecular weight is 492 g/mol. The summed E-state index contributed by atoms with van der Waals surface area (Å²) in [5, 5.41) is 9.88. The number of hydrogen-bond donors (Lipinski definition) is 2. The van der Waals surface area contributed by atoms with Crippen LogP contribution in [0.4, 0.5) is 0 Å². The number of carboxylic acid groups (broad SMARTS) is 1. The van der Waals surface area contributed by atoms with Crippen molar-refractivity contribution >= 4 is 23.5 Å². The lowest BCUT2D eigenvalue weighted by molar-refractivity contribution is -0.141.